The number of hydrogen-bond donors (Lipinski definition) is 1. The lowest BCUT2D eigenvalue weighted by molar-refractivity contribution is -0.144. The van der Waals surface area contributed by atoms with Crippen LogP contribution < -0.4 is 0 Å². The molecule has 2 heterocycles. The Morgan fingerprint density at radius 1 is 1.06 bits per heavy atom. The maximum atomic E-state index is 13.4. The Balaban J connectivity index is 1.64. The van der Waals surface area contributed by atoms with Crippen molar-refractivity contribution in [2.45, 2.75) is 56.1 Å². The lowest BCUT2D eigenvalue weighted by Crippen LogP contribution is -2.42. The Morgan fingerprint density at radius 2 is 1.79 bits per heavy atom. The molecule has 1 N–H and O–H groups in total. The van der Waals surface area contributed by atoms with Gasteiger partial charge in [-0.05, 0) is 65.6 Å². The number of phenolic OH excluding ortho intramolecular Hbond substituents is 1. The Kier molecular flexibility index (Phi) is 6.95. The minimum atomic E-state index is -3.50. The quantitative estimate of drug-likeness (QED) is 0.293. The molecule has 8 heteroatoms. The maximum absolute atomic E-state index is 13.4. The Morgan fingerprint density at radius 3 is 2.53 bits per heavy atom. The van der Waals surface area contributed by atoms with E-state index in [1.54, 1.807) is 12.1 Å². The summed E-state index contributed by atoms with van der Waals surface area (Å²) >= 11 is 1.45. The largest absolute Gasteiger partial charge is 0.508 e. The average Bonchev–Trinajstić information content (AvgIpc) is 3.24. The third-order valence-corrected chi connectivity index (χ3v) is 12.3. The Hall–Kier alpha value is -2.16. The lowest BCUT2D eigenvalue weighted by atomic mass is 9.95. The molecule has 1 atom stereocenters. The van der Waals surface area contributed by atoms with Crippen LogP contribution in [0.25, 0.3) is 21.2 Å². The molecule has 0 unspecified atom stereocenters. The molecule has 0 bridgehead atoms. The van der Waals surface area contributed by atoms with Crippen molar-refractivity contribution >= 4 is 46.0 Å². The Labute approximate surface area is 206 Å². The number of phenols is 1. The molecule has 1 aromatic heterocycles. The highest BCUT2D eigenvalue weighted by Gasteiger charge is 2.49. The molecule has 1 saturated heterocycles. The molecule has 2 aromatic carbocycles. The van der Waals surface area contributed by atoms with E-state index in [1.807, 2.05) is 36.4 Å². The van der Waals surface area contributed by atoms with Crippen LogP contribution in [0.4, 0.5) is 0 Å². The molecule has 0 aliphatic carbocycles. The van der Waals surface area contributed by atoms with Crippen LogP contribution in [0.2, 0.25) is 25.7 Å². The fourth-order valence-electron chi connectivity index (χ4n) is 4.49. The number of rotatable bonds is 7. The van der Waals surface area contributed by atoms with Gasteiger partial charge < -0.3 is 9.84 Å². The molecule has 0 radical (unpaired) electrons. The standard InChI is InChI=1S/C26H32O5S2Si/c1-34(2,3)15-13-31-25(28)18-26(12-4-5-14-33(26,29)30)24-11-10-23(32-24)21-7-6-20-17-22(27)9-8-19(20)16-21/h6-11,16-17,27H,4-5,12-15,18H2,1-3H3/t26-/m0/s1. The van der Waals surface area contributed by atoms with Gasteiger partial charge in [-0.3, -0.25) is 4.79 Å². The van der Waals surface area contributed by atoms with Gasteiger partial charge in [0, 0.05) is 17.8 Å². The van der Waals surface area contributed by atoms with Crippen molar-refractivity contribution in [3.63, 3.8) is 0 Å². The maximum Gasteiger partial charge on any atom is 0.307 e. The van der Waals surface area contributed by atoms with Crippen LogP contribution in [-0.2, 0) is 24.1 Å². The second kappa shape index (κ2) is 9.47. The number of thiophene rings is 1. The number of aromatic hydroxyl groups is 1. The zero-order valence-corrected chi connectivity index (χ0v) is 22.6. The first-order chi connectivity index (χ1) is 16.0. The van der Waals surface area contributed by atoms with E-state index in [0.717, 1.165) is 38.6 Å². The van der Waals surface area contributed by atoms with Gasteiger partial charge in [-0.15, -0.1) is 11.3 Å². The molecule has 3 aromatic rings. The number of hydrogen-bond acceptors (Lipinski definition) is 6. The highest BCUT2D eigenvalue weighted by Crippen LogP contribution is 2.47. The van der Waals surface area contributed by atoms with E-state index in [1.165, 1.54) is 11.3 Å². The minimum Gasteiger partial charge on any atom is -0.508 e. The zero-order valence-electron chi connectivity index (χ0n) is 20.0. The lowest BCUT2D eigenvalue weighted by Gasteiger charge is -2.35. The number of esters is 1. The van der Waals surface area contributed by atoms with E-state index in [9.17, 15) is 18.3 Å². The number of carbonyl (C=O) groups is 1. The molecule has 0 spiro atoms. The summed E-state index contributed by atoms with van der Waals surface area (Å²) in [6.45, 7) is 7.01. The molecule has 5 nitrogen and oxygen atoms in total. The molecule has 182 valence electrons. The van der Waals surface area contributed by atoms with Gasteiger partial charge in [0.25, 0.3) is 0 Å². The molecule has 34 heavy (non-hydrogen) atoms. The first-order valence-electron chi connectivity index (χ1n) is 11.7. The van der Waals surface area contributed by atoms with Gasteiger partial charge in [-0.1, -0.05) is 44.3 Å². The van der Waals surface area contributed by atoms with Crippen molar-refractivity contribution in [3.8, 4) is 16.2 Å². The summed E-state index contributed by atoms with van der Waals surface area (Å²) in [5, 5.41) is 11.7. The number of fused-ring (bicyclic) bond motifs is 1. The smallest absolute Gasteiger partial charge is 0.307 e. The Bertz CT molecular complexity index is 1310. The van der Waals surface area contributed by atoms with Gasteiger partial charge in [0.2, 0.25) is 0 Å². The summed E-state index contributed by atoms with van der Waals surface area (Å²) in [6, 6.07) is 15.9. The third kappa shape index (κ3) is 5.24. The molecular weight excluding hydrogens is 485 g/mol. The molecule has 4 rings (SSSR count). The first kappa shape index (κ1) is 24.9. The normalized spacial score (nSPS) is 20.3. The molecule has 1 aliphatic heterocycles. The summed E-state index contributed by atoms with van der Waals surface area (Å²) in [5.74, 6) is -0.106. The predicted octanol–water partition coefficient (Wildman–Crippen LogP) is 6.34. The minimum absolute atomic E-state index is 0.0991. The highest BCUT2D eigenvalue weighted by molar-refractivity contribution is 7.92. The van der Waals surface area contributed by atoms with Gasteiger partial charge in [0.05, 0.1) is 18.8 Å². The second-order valence-corrected chi connectivity index (χ2v) is 19.5. The first-order valence-corrected chi connectivity index (χ1v) is 17.9. The van der Waals surface area contributed by atoms with Crippen molar-refractivity contribution in [2.24, 2.45) is 0 Å². The zero-order chi connectivity index (χ0) is 24.6. The molecule has 0 amide bonds. The number of benzene rings is 2. The van der Waals surface area contributed by atoms with Crippen molar-refractivity contribution < 1.29 is 23.1 Å². The average molecular weight is 517 g/mol. The van der Waals surface area contributed by atoms with E-state index in [4.69, 9.17) is 4.74 Å². The highest BCUT2D eigenvalue weighted by atomic mass is 32.2. The summed E-state index contributed by atoms with van der Waals surface area (Å²) in [6.07, 6.45) is 1.71. The predicted molar refractivity (Wildman–Crippen MR) is 142 cm³/mol. The van der Waals surface area contributed by atoms with Crippen molar-refractivity contribution in [1.29, 1.82) is 0 Å². The van der Waals surface area contributed by atoms with Crippen molar-refractivity contribution in [2.75, 3.05) is 12.4 Å². The van der Waals surface area contributed by atoms with Crippen LogP contribution in [0.3, 0.4) is 0 Å². The van der Waals surface area contributed by atoms with Gasteiger partial charge in [-0.25, -0.2) is 8.42 Å². The summed E-state index contributed by atoms with van der Waals surface area (Å²) in [5.41, 5.74) is 0.982. The summed E-state index contributed by atoms with van der Waals surface area (Å²) in [7, 11) is -4.86. The fourth-order valence-corrected chi connectivity index (χ4v) is 8.97. The number of ether oxygens (including phenoxy) is 1. The van der Waals surface area contributed by atoms with E-state index in [2.05, 4.69) is 19.6 Å². The van der Waals surface area contributed by atoms with E-state index >= 15 is 0 Å². The van der Waals surface area contributed by atoms with E-state index in [-0.39, 0.29) is 17.9 Å². The van der Waals surface area contributed by atoms with Crippen LogP contribution in [0, 0.1) is 0 Å². The number of carbonyl (C=O) groups excluding carboxylic acids is 1. The van der Waals surface area contributed by atoms with Gasteiger partial charge in [0.1, 0.15) is 10.5 Å². The molecular formula is C26H32O5S2Si. The van der Waals surface area contributed by atoms with Gasteiger partial charge in [0.15, 0.2) is 9.84 Å². The monoisotopic (exact) mass is 516 g/mol. The molecule has 1 aliphatic rings. The summed E-state index contributed by atoms with van der Waals surface area (Å²) in [4.78, 5) is 14.5. The second-order valence-electron chi connectivity index (χ2n) is 10.4. The van der Waals surface area contributed by atoms with Crippen LogP contribution in [0.5, 0.6) is 5.75 Å². The van der Waals surface area contributed by atoms with Crippen LogP contribution >= 0.6 is 11.3 Å². The third-order valence-electron chi connectivity index (χ3n) is 6.55. The number of sulfone groups is 1. The molecule has 1 fully saturated rings. The molecule has 0 saturated carbocycles. The SMILES string of the molecule is C[Si](C)(C)CCOC(=O)C[C@]1(c2ccc(-c3ccc4cc(O)ccc4c3)s2)CCCCS1(=O)=O. The fraction of sp³-hybridized carbons (Fsp3) is 0.423. The van der Waals surface area contributed by atoms with Crippen molar-refractivity contribution in [1.82, 2.24) is 0 Å². The topological polar surface area (TPSA) is 80.7 Å². The van der Waals surface area contributed by atoms with Crippen LogP contribution in [-0.4, -0.2) is 39.9 Å². The van der Waals surface area contributed by atoms with Crippen LogP contribution in [0.1, 0.15) is 30.6 Å². The van der Waals surface area contributed by atoms with Crippen LogP contribution in [0.15, 0.2) is 48.5 Å². The summed E-state index contributed by atoms with van der Waals surface area (Å²) < 4.78 is 31.1. The van der Waals surface area contributed by atoms with Gasteiger partial charge >= 0.3 is 5.97 Å². The van der Waals surface area contributed by atoms with Crippen molar-refractivity contribution in [3.05, 3.63) is 53.4 Å². The van der Waals surface area contributed by atoms with Gasteiger partial charge in [-0.2, -0.15) is 0 Å². The van der Waals surface area contributed by atoms with E-state index in [0.29, 0.717) is 19.4 Å². The van der Waals surface area contributed by atoms with E-state index < -0.39 is 28.6 Å².